The van der Waals surface area contributed by atoms with Gasteiger partial charge in [0.05, 0.1) is 5.92 Å². The van der Waals surface area contributed by atoms with Gasteiger partial charge >= 0.3 is 11.9 Å². The lowest BCUT2D eigenvalue weighted by molar-refractivity contribution is -0.168. The van der Waals surface area contributed by atoms with Crippen LogP contribution >= 0.6 is 0 Å². The van der Waals surface area contributed by atoms with Gasteiger partial charge in [0.1, 0.15) is 0 Å². The van der Waals surface area contributed by atoms with Crippen molar-refractivity contribution >= 4 is 11.9 Å². The zero-order valence-corrected chi connectivity index (χ0v) is 9.80. The molecule has 0 aromatic heterocycles. The minimum atomic E-state index is -1.07. The van der Waals surface area contributed by atoms with E-state index < -0.39 is 12.6 Å². The summed E-state index contributed by atoms with van der Waals surface area (Å²) in [6.07, 6.45) is 5.96. The fourth-order valence-electron chi connectivity index (χ4n) is 4.54. The highest BCUT2D eigenvalue weighted by atomic mass is 16.5. The van der Waals surface area contributed by atoms with Crippen LogP contribution in [0.4, 0.5) is 0 Å². The summed E-state index contributed by atoms with van der Waals surface area (Å²) >= 11 is 0. The Morgan fingerprint density at radius 3 is 2.00 bits per heavy atom. The van der Waals surface area contributed by atoms with Gasteiger partial charge in [0.2, 0.25) is 0 Å². The predicted molar refractivity (Wildman–Crippen MR) is 59.1 cm³/mol. The monoisotopic (exact) mass is 238 g/mol. The van der Waals surface area contributed by atoms with Crippen molar-refractivity contribution in [2.75, 3.05) is 6.61 Å². The highest BCUT2D eigenvalue weighted by molar-refractivity contribution is 5.77. The van der Waals surface area contributed by atoms with Crippen molar-refractivity contribution in [2.24, 2.45) is 29.6 Å². The van der Waals surface area contributed by atoms with E-state index in [1.807, 2.05) is 0 Å². The lowest BCUT2D eigenvalue weighted by Gasteiger charge is -2.53. The molecular formula is C13H18O4. The molecule has 0 amide bonds. The molecule has 0 heterocycles. The first-order valence-corrected chi connectivity index (χ1v) is 6.52. The van der Waals surface area contributed by atoms with Gasteiger partial charge in [-0.05, 0) is 55.8 Å². The number of carbonyl (C=O) groups is 2. The lowest BCUT2D eigenvalue weighted by Crippen LogP contribution is -2.48. The molecule has 0 atom stereocenters. The Morgan fingerprint density at radius 2 is 1.53 bits per heavy atom. The summed E-state index contributed by atoms with van der Waals surface area (Å²) in [5.41, 5.74) is 0. The van der Waals surface area contributed by atoms with E-state index in [0.29, 0.717) is 11.8 Å². The van der Waals surface area contributed by atoms with Gasteiger partial charge in [-0.15, -0.1) is 0 Å². The van der Waals surface area contributed by atoms with Crippen molar-refractivity contribution < 1.29 is 19.4 Å². The van der Waals surface area contributed by atoms with Crippen LogP contribution in [0.25, 0.3) is 0 Å². The fraction of sp³-hybridized carbons (Fsp3) is 0.846. The summed E-state index contributed by atoms with van der Waals surface area (Å²) in [7, 11) is 0. The van der Waals surface area contributed by atoms with Crippen molar-refractivity contribution in [3.05, 3.63) is 0 Å². The standard InChI is InChI=1S/C13H18O4/c14-11(15)6-17-13(16)12-9-2-7-1-8(4-9)5-10(12)3-7/h7-10,12H,1-6H2,(H,14,15). The zero-order valence-electron chi connectivity index (χ0n) is 9.80. The van der Waals surface area contributed by atoms with Crippen LogP contribution in [0.5, 0.6) is 0 Å². The molecule has 17 heavy (non-hydrogen) atoms. The molecule has 0 saturated heterocycles. The summed E-state index contributed by atoms with van der Waals surface area (Å²) < 4.78 is 4.89. The second kappa shape index (κ2) is 4.00. The topological polar surface area (TPSA) is 63.6 Å². The smallest absolute Gasteiger partial charge is 0.341 e. The largest absolute Gasteiger partial charge is 0.479 e. The first-order chi connectivity index (χ1) is 8.13. The van der Waals surface area contributed by atoms with Crippen molar-refractivity contribution in [3.63, 3.8) is 0 Å². The van der Waals surface area contributed by atoms with Crippen LogP contribution in [0.2, 0.25) is 0 Å². The Labute approximate surface area is 100 Å². The van der Waals surface area contributed by atoms with E-state index in [-0.39, 0.29) is 11.9 Å². The first kappa shape index (κ1) is 11.1. The minimum absolute atomic E-state index is 0.0119. The van der Waals surface area contributed by atoms with Gasteiger partial charge < -0.3 is 9.84 Å². The number of carbonyl (C=O) groups excluding carboxylic acids is 1. The van der Waals surface area contributed by atoms with Crippen molar-refractivity contribution in [2.45, 2.75) is 32.1 Å². The number of esters is 1. The molecule has 0 aliphatic heterocycles. The SMILES string of the molecule is O=C(O)COC(=O)C1C2CC3CC(C2)CC1C3. The maximum atomic E-state index is 12.0. The zero-order chi connectivity index (χ0) is 12.0. The van der Waals surface area contributed by atoms with Gasteiger partial charge in [0, 0.05) is 0 Å². The van der Waals surface area contributed by atoms with Gasteiger partial charge in [0.15, 0.2) is 6.61 Å². The Kier molecular flexibility index (Phi) is 2.60. The van der Waals surface area contributed by atoms with Crippen molar-refractivity contribution in [1.82, 2.24) is 0 Å². The van der Waals surface area contributed by atoms with Crippen LogP contribution in [0.15, 0.2) is 0 Å². The van der Waals surface area contributed by atoms with Crippen molar-refractivity contribution in [1.29, 1.82) is 0 Å². The molecule has 0 spiro atoms. The van der Waals surface area contributed by atoms with E-state index >= 15 is 0 Å². The molecule has 1 N–H and O–H groups in total. The fourth-order valence-corrected chi connectivity index (χ4v) is 4.54. The Morgan fingerprint density at radius 1 is 1.00 bits per heavy atom. The molecular weight excluding hydrogens is 220 g/mol. The number of hydrogen-bond acceptors (Lipinski definition) is 3. The molecule has 94 valence electrons. The third kappa shape index (κ3) is 1.94. The van der Waals surface area contributed by atoms with E-state index in [9.17, 15) is 9.59 Å². The van der Waals surface area contributed by atoms with Crippen LogP contribution in [0.3, 0.4) is 0 Å². The van der Waals surface area contributed by atoms with E-state index in [1.54, 1.807) is 0 Å². The summed E-state index contributed by atoms with van der Waals surface area (Å²) in [5.74, 6) is 1.23. The summed E-state index contributed by atoms with van der Waals surface area (Å²) in [4.78, 5) is 22.4. The van der Waals surface area contributed by atoms with E-state index in [0.717, 1.165) is 37.5 Å². The molecule has 0 radical (unpaired) electrons. The van der Waals surface area contributed by atoms with Gasteiger partial charge in [-0.25, -0.2) is 4.79 Å². The third-order valence-electron chi connectivity index (χ3n) is 4.84. The average Bonchev–Trinajstić information content (AvgIpc) is 2.24. The molecule has 4 bridgehead atoms. The highest BCUT2D eigenvalue weighted by Gasteiger charge is 2.51. The summed E-state index contributed by atoms with van der Waals surface area (Å²) in [6.45, 7) is -0.484. The lowest BCUT2D eigenvalue weighted by atomic mass is 9.52. The Balaban J connectivity index is 1.67. The van der Waals surface area contributed by atoms with E-state index in [1.165, 1.54) is 6.42 Å². The van der Waals surface area contributed by atoms with Gasteiger partial charge in [-0.1, -0.05) is 0 Å². The normalized spacial score (nSPS) is 42.5. The molecule has 4 heteroatoms. The number of carboxylic acid groups (broad SMARTS) is 1. The molecule has 4 fully saturated rings. The molecule has 4 rings (SSSR count). The number of ether oxygens (including phenoxy) is 1. The van der Waals surface area contributed by atoms with Crippen LogP contribution in [0, 0.1) is 29.6 Å². The second-order valence-corrected chi connectivity index (χ2v) is 5.96. The summed E-state index contributed by atoms with van der Waals surface area (Å²) in [6, 6.07) is 0. The minimum Gasteiger partial charge on any atom is -0.479 e. The number of aliphatic carboxylic acids is 1. The third-order valence-corrected chi connectivity index (χ3v) is 4.84. The highest BCUT2D eigenvalue weighted by Crippen LogP contribution is 2.56. The number of rotatable bonds is 3. The van der Waals surface area contributed by atoms with Crippen LogP contribution in [0.1, 0.15) is 32.1 Å². The molecule has 0 aromatic rings. The van der Waals surface area contributed by atoms with Gasteiger partial charge in [-0.2, -0.15) is 0 Å². The van der Waals surface area contributed by atoms with Gasteiger partial charge in [0.25, 0.3) is 0 Å². The molecule has 0 aromatic carbocycles. The Hall–Kier alpha value is -1.06. The molecule has 4 saturated carbocycles. The number of hydrogen-bond donors (Lipinski definition) is 1. The van der Waals surface area contributed by atoms with Crippen LogP contribution in [-0.2, 0) is 14.3 Å². The molecule has 4 nitrogen and oxygen atoms in total. The maximum Gasteiger partial charge on any atom is 0.341 e. The van der Waals surface area contributed by atoms with Crippen molar-refractivity contribution in [3.8, 4) is 0 Å². The van der Waals surface area contributed by atoms with Crippen LogP contribution in [-0.4, -0.2) is 23.7 Å². The van der Waals surface area contributed by atoms with Gasteiger partial charge in [-0.3, -0.25) is 4.79 Å². The maximum absolute atomic E-state index is 12.0. The molecule has 0 unspecified atom stereocenters. The first-order valence-electron chi connectivity index (χ1n) is 6.52. The van der Waals surface area contributed by atoms with E-state index in [2.05, 4.69) is 0 Å². The Bertz CT molecular complexity index is 321. The second-order valence-electron chi connectivity index (χ2n) is 5.96. The van der Waals surface area contributed by atoms with E-state index in [4.69, 9.17) is 9.84 Å². The average molecular weight is 238 g/mol. The summed E-state index contributed by atoms with van der Waals surface area (Å²) in [5, 5.41) is 8.54. The predicted octanol–water partition coefficient (Wildman–Crippen LogP) is 1.69. The molecule has 4 aliphatic rings. The van der Waals surface area contributed by atoms with Crippen LogP contribution < -0.4 is 0 Å². The quantitative estimate of drug-likeness (QED) is 0.760. The number of carboxylic acids is 1. The molecule has 4 aliphatic carbocycles.